The Bertz CT molecular complexity index is 945. The highest BCUT2D eigenvalue weighted by Gasteiger charge is 2.11. The first-order valence-electron chi connectivity index (χ1n) is 8.74. The van der Waals surface area contributed by atoms with Gasteiger partial charge in [-0.15, -0.1) is 0 Å². The molecule has 0 bridgehead atoms. The average molecular weight is 420 g/mol. The maximum Gasteiger partial charge on any atom is 0.321 e. The lowest BCUT2D eigenvalue weighted by Crippen LogP contribution is -2.34. The molecule has 0 unspecified atom stereocenters. The lowest BCUT2D eigenvalue weighted by Gasteiger charge is -2.07. The van der Waals surface area contributed by atoms with Crippen molar-refractivity contribution >= 4 is 28.0 Å². The molecule has 2 aromatic carbocycles. The summed E-state index contributed by atoms with van der Waals surface area (Å²) in [6.07, 6.45) is 1.88. The molecule has 0 atom stereocenters. The number of ether oxygens (including phenoxy) is 1. The van der Waals surface area contributed by atoms with Gasteiger partial charge in [0, 0.05) is 12.0 Å². The van der Waals surface area contributed by atoms with Crippen molar-refractivity contribution in [1.82, 2.24) is 10.0 Å². The fraction of sp³-hybridized carbons (Fsp3) is 0.200. The summed E-state index contributed by atoms with van der Waals surface area (Å²) in [6, 6.07) is 14.7. The number of amides is 1. The van der Waals surface area contributed by atoms with E-state index >= 15 is 0 Å². The summed E-state index contributed by atoms with van der Waals surface area (Å²) in [4.78, 5) is 23.3. The van der Waals surface area contributed by atoms with Gasteiger partial charge in [0.1, 0.15) is 12.4 Å². The van der Waals surface area contributed by atoms with E-state index < -0.39 is 35.1 Å². The summed E-state index contributed by atoms with van der Waals surface area (Å²) in [5, 5.41) is 3.49. The quantitative estimate of drug-likeness (QED) is 0.569. The SMILES string of the molecule is O=C(COC(=O)CNS(=O)(=O)/C=C/c1ccccc1)NCCc1ccc(F)cc1. The lowest BCUT2D eigenvalue weighted by atomic mass is 10.1. The third kappa shape index (κ3) is 9.13. The normalized spacial score (nSPS) is 11.3. The van der Waals surface area contributed by atoms with Crippen LogP contribution in [0.3, 0.4) is 0 Å². The molecule has 0 fully saturated rings. The van der Waals surface area contributed by atoms with Gasteiger partial charge in [-0.1, -0.05) is 42.5 Å². The van der Waals surface area contributed by atoms with Gasteiger partial charge in [0.25, 0.3) is 5.91 Å². The van der Waals surface area contributed by atoms with E-state index in [-0.39, 0.29) is 5.82 Å². The summed E-state index contributed by atoms with van der Waals surface area (Å²) in [5.74, 6) is -1.74. The third-order valence-corrected chi connectivity index (χ3v) is 4.71. The number of esters is 1. The molecule has 154 valence electrons. The van der Waals surface area contributed by atoms with Crippen LogP contribution in [0.5, 0.6) is 0 Å². The van der Waals surface area contributed by atoms with E-state index in [1.807, 2.05) is 0 Å². The Hall–Kier alpha value is -3.04. The second kappa shape index (κ2) is 11.1. The molecular weight excluding hydrogens is 399 g/mol. The number of carbonyl (C=O) groups excluding carboxylic acids is 2. The summed E-state index contributed by atoms with van der Waals surface area (Å²) in [5.41, 5.74) is 1.54. The van der Waals surface area contributed by atoms with Crippen LogP contribution in [0.4, 0.5) is 4.39 Å². The predicted molar refractivity (Wildman–Crippen MR) is 106 cm³/mol. The highest BCUT2D eigenvalue weighted by molar-refractivity contribution is 7.92. The molecule has 0 saturated carbocycles. The van der Waals surface area contributed by atoms with Crippen molar-refractivity contribution in [2.75, 3.05) is 19.7 Å². The van der Waals surface area contributed by atoms with E-state index in [4.69, 9.17) is 4.74 Å². The smallest absolute Gasteiger partial charge is 0.321 e. The van der Waals surface area contributed by atoms with Gasteiger partial charge in [0.2, 0.25) is 10.0 Å². The van der Waals surface area contributed by atoms with Gasteiger partial charge in [-0.3, -0.25) is 9.59 Å². The van der Waals surface area contributed by atoms with Crippen molar-refractivity contribution in [2.45, 2.75) is 6.42 Å². The largest absolute Gasteiger partial charge is 0.455 e. The van der Waals surface area contributed by atoms with Crippen molar-refractivity contribution in [3.8, 4) is 0 Å². The van der Waals surface area contributed by atoms with Crippen LogP contribution in [0.25, 0.3) is 6.08 Å². The molecule has 0 aliphatic rings. The molecule has 0 saturated heterocycles. The van der Waals surface area contributed by atoms with E-state index in [9.17, 15) is 22.4 Å². The Labute approximate surface area is 168 Å². The molecule has 1 amide bonds. The molecule has 0 spiro atoms. The van der Waals surface area contributed by atoms with Crippen LogP contribution in [0.15, 0.2) is 60.0 Å². The Morgan fingerprint density at radius 1 is 1.03 bits per heavy atom. The number of benzene rings is 2. The van der Waals surface area contributed by atoms with Crippen molar-refractivity contribution in [1.29, 1.82) is 0 Å². The third-order valence-electron chi connectivity index (χ3n) is 3.67. The van der Waals surface area contributed by atoms with Crippen molar-refractivity contribution in [3.63, 3.8) is 0 Å². The highest BCUT2D eigenvalue weighted by atomic mass is 32.2. The maximum atomic E-state index is 12.8. The lowest BCUT2D eigenvalue weighted by molar-refractivity contribution is -0.147. The molecule has 0 radical (unpaired) electrons. The number of rotatable bonds is 10. The van der Waals surface area contributed by atoms with Gasteiger partial charge in [-0.05, 0) is 35.8 Å². The van der Waals surface area contributed by atoms with Gasteiger partial charge >= 0.3 is 5.97 Å². The van der Waals surface area contributed by atoms with Crippen LogP contribution in [0, 0.1) is 5.82 Å². The van der Waals surface area contributed by atoms with Crippen LogP contribution in [-0.2, 0) is 30.8 Å². The average Bonchev–Trinajstić information content (AvgIpc) is 2.72. The summed E-state index contributed by atoms with van der Waals surface area (Å²) < 4.78 is 43.3. The van der Waals surface area contributed by atoms with E-state index in [2.05, 4.69) is 10.0 Å². The number of carbonyl (C=O) groups is 2. The first kappa shape index (κ1) is 22.3. The second-order valence-electron chi connectivity index (χ2n) is 5.97. The van der Waals surface area contributed by atoms with Crippen LogP contribution < -0.4 is 10.0 Å². The zero-order chi connectivity index (χ0) is 21.1. The first-order valence-corrected chi connectivity index (χ1v) is 10.3. The van der Waals surface area contributed by atoms with Crippen molar-refractivity contribution in [2.24, 2.45) is 0 Å². The van der Waals surface area contributed by atoms with Crippen molar-refractivity contribution in [3.05, 3.63) is 76.9 Å². The molecular formula is C20H21FN2O5S. The molecule has 0 aliphatic carbocycles. The van der Waals surface area contributed by atoms with E-state index in [0.717, 1.165) is 11.0 Å². The van der Waals surface area contributed by atoms with Gasteiger partial charge in [0.05, 0.1) is 0 Å². The van der Waals surface area contributed by atoms with Crippen LogP contribution in [0.1, 0.15) is 11.1 Å². The minimum absolute atomic E-state index is 0.291. The summed E-state index contributed by atoms with van der Waals surface area (Å²) in [7, 11) is -3.82. The number of nitrogens with one attached hydrogen (secondary N) is 2. The number of sulfonamides is 1. The molecule has 2 N–H and O–H groups in total. The number of hydrogen-bond donors (Lipinski definition) is 2. The Morgan fingerprint density at radius 3 is 2.41 bits per heavy atom. The second-order valence-corrected chi connectivity index (χ2v) is 7.62. The summed E-state index contributed by atoms with van der Waals surface area (Å²) >= 11 is 0. The molecule has 9 heteroatoms. The number of hydrogen-bond acceptors (Lipinski definition) is 5. The first-order chi connectivity index (χ1) is 13.8. The Kier molecular flexibility index (Phi) is 8.50. The van der Waals surface area contributed by atoms with Gasteiger partial charge in [0.15, 0.2) is 6.61 Å². The molecule has 29 heavy (non-hydrogen) atoms. The monoisotopic (exact) mass is 420 g/mol. The molecule has 7 nitrogen and oxygen atoms in total. The van der Waals surface area contributed by atoms with Crippen LogP contribution in [0.2, 0.25) is 0 Å². The highest BCUT2D eigenvalue weighted by Crippen LogP contribution is 2.03. The molecule has 0 heterocycles. The Balaban J connectivity index is 1.64. The van der Waals surface area contributed by atoms with Crippen LogP contribution >= 0.6 is 0 Å². The van der Waals surface area contributed by atoms with E-state index in [1.54, 1.807) is 42.5 Å². The van der Waals surface area contributed by atoms with E-state index in [1.165, 1.54) is 18.2 Å². The van der Waals surface area contributed by atoms with Crippen molar-refractivity contribution < 1.29 is 27.1 Å². The van der Waals surface area contributed by atoms with Gasteiger partial charge in [-0.2, -0.15) is 0 Å². The van der Waals surface area contributed by atoms with Gasteiger partial charge in [-0.25, -0.2) is 17.5 Å². The fourth-order valence-electron chi connectivity index (χ4n) is 2.19. The maximum absolute atomic E-state index is 12.8. The standard InChI is InChI=1S/C20H21FN2O5S/c21-18-8-6-17(7-9-18)10-12-22-19(24)15-28-20(25)14-23-29(26,27)13-11-16-4-2-1-3-5-16/h1-9,11,13,23H,10,12,14-15H2,(H,22,24)/b13-11+. The van der Waals surface area contributed by atoms with Crippen LogP contribution in [-0.4, -0.2) is 40.0 Å². The Morgan fingerprint density at radius 2 is 1.72 bits per heavy atom. The number of halogens is 1. The fourth-order valence-corrected chi connectivity index (χ4v) is 2.94. The predicted octanol–water partition coefficient (Wildman–Crippen LogP) is 1.62. The summed E-state index contributed by atoms with van der Waals surface area (Å²) in [6.45, 7) is -0.826. The van der Waals surface area contributed by atoms with Gasteiger partial charge < -0.3 is 10.1 Å². The minimum atomic E-state index is -3.82. The topological polar surface area (TPSA) is 102 Å². The molecule has 2 rings (SSSR count). The zero-order valence-electron chi connectivity index (χ0n) is 15.5. The minimum Gasteiger partial charge on any atom is -0.455 e. The molecule has 0 aromatic heterocycles. The zero-order valence-corrected chi connectivity index (χ0v) is 16.3. The molecule has 2 aromatic rings. The van der Waals surface area contributed by atoms with E-state index in [0.29, 0.717) is 18.5 Å². The molecule has 0 aliphatic heterocycles.